The van der Waals surface area contributed by atoms with Gasteiger partial charge in [0.25, 0.3) is 0 Å². The molecule has 1 N–H and O–H groups in total. The second-order valence-electron chi connectivity index (χ2n) is 4.54. The van der Waals surface area contributed by atoms with Crippen LogP contribution in [0.4, 0.5) is 4.39 Å². The van der Waals surface area contributed by atoms with Crippen molar-refractivity contribution in [2.24, 2.45) is 0 Å². The smallest absolute Gasteiger partial charge is 0.127 e. The zero-order valence-corrected chi connectivity index (χ0v) is 11.7. The van der Waals surface area contributed by atoms with E-state index in [-0.39, 0.29) is 11.9 Å². The highest BCUT2D eigenvalue weighted by molar-refractivity contribution is 6.30. The fraction of sp³-hybridized carbons (Fsp3) is 0.267. The molecule has 4 heteroatoms. The van der Waals surface area contributed by atoms with Gasteiger partial charge in [0.2, 0.25) is 0 Å². The van der Waals surface area contributed by atoms with Crippen LogP contribution in [0.2, 0.25) is 5.02 Å². The molecule has 1 atom stereocenters. The zero-order valence-electron chi connectivity index (χ0n) is 11.0. The predicted molar refractivity (Wildman–Crippen MR) is 75.9 cm³/mol. The van der Waals surface area contributed by atoms with Crippen LogP contribution in [0, 0.1) is 12.7 Å². The summed E-state index contributed by atoms with van der Waals surface area (Å²) in [7, 11) is 1.85. The average molecular weight is 279 g/mol. The van der Waals surface area contributed by atoms with Gasteiger partial charge in [0.05, 0.1) is 11.7 Å². The maximum absolute atomic E-state index is 13.8. The van der Waals surface area contributed by atoms with Gasteiger partial charge < -0.3 is 5.32 Å². The molecular formula is C15H16ClFN2. The quantitative estimate of drug-likeness (QED) is 0.923. The Morgan fingerprint density at radius 3 is 2.74 bits per heavy atom. The molecule has 0 saturated carbocycles. The molecule has 0 fully saturated rings. The van der Waals surface area contributed by atoms with Crippen LogP contribution in [-0.2, 0) is 6.42 Å². The van der Waals surface area contributed by atoms with E-state index in [0.717, 1.165) is 11.3 Å². The maximum atomic E-state index is 13.8. The summed E-state index contributed by atoms with van der Waals surface area (Å²) in [4.78, 5) is 4.34. The highest BCUT2D eigenvalue weighted by atomic mass is 35.5. The number of nitrogens with zero attached hydrogens (tertiary/aromatic N) is 1. The number of aromatic nitrogens is 1. The first kappa shape index (κ1) is 14.0. The Morgan fingerprint density at radius 1 is 1.32 bits per heavy atom. The lowest BCUT2D eigenvalue weighted by molar-refractivity contribution is 0.544. The highest BCUT2D eigenvalue weighted by Gasteiger charge is 2.14. The summed E-state index contributed by atoms with van der Waals surface area (Å²) in [5, 5.41) is 3.59. The highest BCUT2D eigenvalue weighted by Crippen LogP contribution is 2.21. The van der Waals surface area contributed by atoms with Crippen LogP contribution in [0.3, 0.4) is 0 Å². The molecular weight excluding hydrogens is 263 g/mol. The predicted octanol–water partition coefficient (Wildman–Crippen LogP) is 3.69. The number of halogens is 2. The van der Waals surface area contributed by atoms with Crippen LogP contribution in [0.15, 0.2) is 36.5 Å². The number of rotatable bonds is 4. The van der Waals surface area contributed by atoms with E-state index < -0.39 is 0 Å². The van der Waals surface area contributed by atoms with E-state index in [1.54, 1.807) is 18.3 Å². The molecule has 0 saturated heterocycles. The minimum absolute atomic E-state index is 0.0180. The molecule has 0 bridgehead atoms. The van der Waals surface area contributed by atoms with Gasteiger partial charge in [0, 0.05) is 11.2 Å². The Bertz CT molecular complexity index is 572. The van der Waals surface area contributed by atoms with Crippen molar-refractivity contribution in [1.29, 1.82) is 0 Å². The van der Waals surface area contributed by atoms with Gasteiger partial charge in [-0.25, -0.2) is 4.39 Å². The monoisotopic (exact) mass is 278 g/mol. The normalized spacial score (nSPS) is 12.4. The standard InChI is InChI=1S/C15H16ClFN2/c1-10-5-6-19-15(7-10)14(18-2)8-11-3-4-12(16)9-13(11)17/h3-7,9,14,18H,8H2,1-2H3. The van der Waals surface area contributed by atoms with E-state index >= 15 is 0 Å². The lowest BCUT2D eigenvalue weighted by Crippen LogP contribution is -2.20. The largest absolute Gasteiger partial charge is 0.311 e. The van der Waals surface area contributed by atoms with Crippen molar-refractivity contribution < 1.29 is 4.39 Å². The van der Waals surface area contributed by atoms with Crippen molar-refractivity contribution >= 4 is 11.6 Å². The molecule has 1 aromatic heterocycles. The van der Waals surface area contributed by atoms with Crippen molar-refractivity contribution in [1.82, 2.24) is 10.3 Å². The SMILES string of the molecule is CNC(Cc1ccc(Cl)cc1F)c1cc(C)ccn1. The first-order valence-corrected chi connectivity index (χ1v) is 6.51. The zero-order chi connectivity index (χ0) is 13.8. The summed E-state index contributed by atoms with van der Waals surface area (Å²) in [5.41, 5.74) is 2.69. The molecule has 19 heavy (non-hydrogen) atoms. The maximum Gasteiger partial charge on any atom is 0.127 e. The van der Waals surface area contributed by atoms with Gasteiger partial charge >= 0.3 is 0 Å². The Labute approximate surface area is 117 Å². The molecule has 2 nitrogen and oxygen atoms in total. The van der Waals surface area contributed by atoms with E-state index in [1.165, 1.54) is 6.07 Å². The number of aryl methyl sites for hydroxylation is 1. The third kappa shape index (κ3) is 3.52. The summed E-state index contributed by atoms with van der Waals surface area (Å²) >= 11 is 5.76. The molecule has 0 spiro atoms. The molecule has 1 heterocycles. The second-order valence-corrected chi connectivity index (χ2v) is 4.98. The van der Waals surface area contributed by atoms with Gasteiger partial charge in [-0.2, -0.15) is 0 Å². The molecule has 0 aliphatic carbocycles. The minimum Gasteiger partial charge on any atom is -0.311 e. The molecule has 0 aliphatic heterocycles. The third-order valence-corrected chi connectivity index (χ3v) is 3.32. The number of pyridine rings is 1. The van der Waals surface area contributed by atoms with Crippen molar-refractivity contribution in [3.8, 4) is 0 Å². The fourth-order valence-electron chi connectivity index (χ4n) is 2.01. The molecule has 0 radical (unpaired) electrons. The number of hydrogen-bond acceptors (Lipinski definition) is 2. The first-order chi connectivity index (χ1) is 9.10. The molecule has 2 rings (SSSR count). The Hall–Kier alpha value is -1.45. The number of nitrogens with one attached hydrogen (secondary N) is 1. The molecule has 1 unspecified atom stereocenters. The summed E-state index contributed by atoms with van der Waals surface area (Å²) in [6.45, 7) is 2.01. The van der Waals surface area contributed by atoms with E-state index in [0.29, 0.717) is 17.0 Å². The molecule has 100 valence electrons. The van der Waals surface area contributed by atoms with Gasteiger partial charge in [-0.15, -0.1) is 0 Å². The molecule has 0 amide bonds. The minimum atomic E-state index is -0.277. The Morgan fingerprint density at radius 2 is 2.11 bits per heavy atom. The Balaban J connectivity index is 2.24. The second kappa shape index (κ2) is 6.13. The lowest BCUT2D eigenvalue weighted by Gasteiger charge is -2.16. The van der Waals surface area contributed by atoms with Crippen LogP contribution in [0.1, 0.15) is 22.9 Å². The van der Waals surface area contributed by atoms with Crippen LogP contribution >= 0.6 is 11.6 Å². The molecule has 0 aliphatic rings. The first-order valence-electron chi connectivity index (χ1n) is 6.14. The topological polar surface area (TPSA) is 24.9 Å². The van der Waals surface area contributed by atoms with E-state index in [1.807, 2.05) is 26.1 Å². The number of likely N-dealkylation sites (N-methyl/N-ethyl adjacent to an activating group) is 1. The number of benzene rings is 1. The van der Waals surface area contributed by atoms with Crippen molar-refractivity contribution in [2.75, 3.05) is 7.05 Å². The van der Waals surface area contributed by atoms with Gasteiger partial charge in [-0.05, 0) is 55.8 Å². The van der Waals surface area contributed by atoms with Crippen LogP contribution in [-0.4, -0.2) is 12.0 Å². The van der Waals surface area contributed by atoms with E-state index in [2.05, 4.69) is 10.3 Å². The molecule has 1 aromatic carbocycles. The Kier molecular flexibility index (Phi) is 4.51. The summed E-state index contributed by atoms with van der Waals surface area (Å²) in [5.74, 6) is -0.277. The van der Waals surface area contributed by atoms with Crippen LogP contribution in [0.25, 0.3) is 0 Å². The van der Waals surface area contributed by atoms with Crippen molar-refractivity contribution in [3.05, 3.63) is 64.2 Å². The van der Waals surface area contributed by atoms with Gasteiger partial charge in [0.15, 0.2) is 0 Å². The van der Waals surface area contributed by atoms with Gasteiger partial charge in [-0.3, -0.25) is 4.98 Å². The summed E-state index contributed by atoms with van der Waals surface area (Å²) in [6.07, 6.45) is 2.31. The number of hydrogen-bond donors (Lipinski definition) is 1. The van der Waals surface area contributed by atoms with Crippen molar-refractivity contribution in [2.45, 2.75) is 19.4 Å². The lowest BCUT2D eigenvalue weighted by atomic mass is 10.0. The van der Waals surface area contributed by atoms with E-state index in [9.17, 15) is 4.39 Å². The average Bonchev–Trinajstić information content (AvgIpc) is 2.38. The summed E-state index contributed by atoms with van der Waals surface area (Å²) < 4.78 is 13.8. The van der Waals surface area contributed by atoms with Crippen molar-refractivity contribution in [3.63, 3.8) is 0 Å². The van der Waals surface area contributed by atoms with Gasteiger partial charge in [0.1, 0.15) is 5.82 Å². The fourth-order valence-corrected chi connectivity index (χ4v) is 2.17. The summed E-state index contributed by atoms with van der Waals surface area (Å²) in [6, 6.07) is 8.70. The molecule has 2 aromatic rings. The third-order valence-electron chi connectivity index (χ3n) is 3.08. The van der Waals surface area contributed by atoms with E-state index in [4.69, 9.17) is 11.6 Å². The van der Waals surface area contributed by atoms with Crippen LogP contribution in [0.5, 0.6) is 0 Å². The van der Waals surface area contributed by atoms with Gasteiger partial charge in [-0.1, -0.05) is 17.7 Å². The van der Waals surface area contributed by atoms with Crippen LogP contribution < -0.4 is 5.32 Å².